The molecule has 0 spiro atoms. The van der Waals surface area contributed by atoms with Crippen molar-refractivity contribution in [2.24, 2.45) is 5.10 Å². The normalized spacial score (nSPS) is 11.9. The van der Waals surface area contributed by atoms with E-state index in [-0.39, 0.29) is 5.75 Å². The van der Waals surface area contributed by atoms with Gasteiger partial charge in [0.25, 0.3) is 5.91 Å². The van der Waals surface area contributed by atoms with Crippen molar-refractivity contribution in [1.29, 1.82) is 0 Å². The molecule has 1 N–H and O–H groups in total. The van der Waals surface area contributed by atoms with Gasteiger partial charge in [-0.3, -0.25) is 4.79 Å². The highest BCUT2D eigenvalue weighted by atomic mass is 19.3. The minimum absolute atomic E-state index is 0.0222. The Morgan fingerprint density at radius 1 is 1.15 bits per heavy atom. The molecule has 0 fully saturated rings. The molecule has 0 unspecified atom stereocenters. The van der Waals surface area contributed by atoms with Crippen molar-refractivity contribution < 1.29 is 22.7 Å². The fourth-order valence-corrected chi connectivity index (χ4v) is 2.86. The molecule has 0 bridgehead atoms. The maximum Gasteiger partial charge on any atom is 0.387 e. The number of alkyl halides is 2. The van der Waals surface area contributed by atoms with Gasteiger partial charge in [0, 0.05) is 10.9 Å². The Balaban J connectivity index is 1.94. The lowest BCUT2D eigenvalue weighted by Crippen LogP contribution is -2.20. The maximum atomic E-state index is 12.9. The second kappa shape index (κ2) is 7.57. The highest BCUT2D eigenvalue weighted by Gasteiger charge is 2.17. The van der Waals surface area contributed by atoms with Gasteiger partial charge in [-0.05, 0) is 38.3 Å². The first kappa shape index (κ1) is 18.6. The van der Waals surface area contributed by atoms with Crippen LogP contribution >= 0.6 is 0 Å². The molecule has 0 aliphatic rings. The Hall–Kier alpha value is -3.22. The van der Waals surface area contributed by atoms with E-state index >= 15 is 0 Å². The highest BCUT2D eigenvalue weighted by molar-refractivity contribution is 6.07. The van der Waals surface area contributed by atoms with Crippen LogP contribution in [0.1, 0.15) is 34.4 Å². The van der Waals surface area contributed by atoms with E-state index in [1.807, 2.05) is 6.07 Å². The van der Waals surface area contributed by atoms with Gasteiger partial charge in [-0.2, -0.15) is 13.9 Å². The minimum atomic E-state index is -2.98. The third-order valence-electron chi connectivity index (χ3n) is 4.09. The van der Waals surface area contributed by atoms with Gasteiger partial charge in [-0.25, -0.2) is 5.43 Å². The number of fused-ring (bicyclic) bond motifs is 1. The topological polar surface area (TPSA) is 63.8 Å². The summed E-state index contributed by atoms with van der Waals surface area (Å²) in [5.74, 6) is 0.667. The first-order valence-electron chi connectivity index (χ1n) is 8.25. The number of benzene rings is 2. The summed E-state index contributed by atoms with van der Waals surface area (Å²) in [5.41, 5.74) is 3.50. The largest absolute Gasteiger partial charge is 0.466 e. The summed E-state index contributed by atoms with van der Waals surface area (Å²) in [5, 5.41) is 5.35. The van der Waals surface area contributed by atoms with E-state index in [4.69, 9.17) is 9.15 Å². The van der Waals surface area contributed by atoms with Crippen molar-refractivity contribution in [3.8, 4) is 5.75 Å². The lowest BCUT2D eigenvalue weighted by atomic mass is 10.0. The van der Waals surface area contributed by atoms with Crippen LogP contribution in [0.4, 0.5) is 8.78 Å². The van der Waals surface area contributed by atoms with E-state index in [1.165, 1.54) is 0 Å². The third kappa shape index (κ3) is 3.97. The maximum absolute atomic E-state index is 12.9. The van der Waals surface area contributed by atoms with Crippen LogP contribution in [0, 0.1) is 13.8 Å². The molecule has 2 aromatic carbocycles. The molecule has 7 heteroatoms. The number of hydrazone groups is 1. The second-order valence-corrected chi connectivity index (χ2v) is 6.01. The molecule has 0 saturated carbocycles. The summed E-state index contributed by atoms with van der Waals surface area (Å²) in [4.78, 5) is 12.3. The molecule has 0 aliphatic heterocycles. The second-order valence-electron chi connectivity index (χ2n) is 6.01. The van der Waals surface area contributed by atoms with E-state index in [2.05, 4.69) is 10.5 Å². The molecule has 0 saturated heterocycles. The molecule has 3 rings (SSSR count). The summed E-state index contributed by atoms with van der Waals surface area (Å²) in [6.45, 7) is 2.04. The van der Waals surface area contributed by atoms with Gasteiger partial charge in [0.1, 0.15) is 17.3 Å². The van der Waals surface area contributed by atoms with Gasteiger partial charge >= 0.3 is 6.61 Å². The fourth-order valence-electron chi connectivity index (χ4n) is 2.86. The van der Waals surface area contributed by atoms with Crippen molar-refractivity contribution in [1.82, 2.24) is 5.43 Å². The van der Waals surface area contributed by atoms with Crippen molar-refractivity contribution in [2.45, 2.75) is 27.4 Å². The monoisotopic (exact) mass is 372 g/mol. The van der Waals surface area contributed by atoms with Crippen molar-refractivity contribution in [2.75, 3.05) is 0 Å². The van der Waals surface area contributed by atoms with Crippen LogP contribution in [-0.4, -0.2) is 18.2 Å². The Bertz CT molecular complexity index is 1030. The number of amides is 1. The number of ether oxygens (including phenoxy) is 1. The molecular formula is C20H18F2N2O3. The Labute approximate surface area is 154 Å². The number of rotatable bonds is 5. The van der Waals surface area contributed by atoms with Crippen LogP contribution in [0.3, 0.4) is 0 Å². The smallest absolute Gasteiger partial charge is 0.387 e. The zero-order valence-electron chi connectivity index (χ0n) is 15.0. The molecule has 1 amide bonds. The summed E-state index contributed by atoms with van der Waals surface area (Å²) < 4.78 is 35.9. The molecule has 140 valence electrons. The lowest BCUT2D eigenvalue weighted by molar-refractivity contribution is -0.0489. The summed E-state index contributed by atoms with van der Waals surface area (Å²) >= 11 is 0. The van der Waals surface area contributed by atoms with Gasteiger partial charge in [-0.15, -0.1) is 0 Å². The van der Waals surface area contributed by atoms with Crippen LogP contribution in [-0.2, 0) is 0 Å². The van der Waals surface area contributed by atoms with Crippen LogP contribution in [0.2, 0.25) is 0 Å². The lowest BCUT2D eigenvalue weighted by Gasteiger charge is -2.13. The predicted octanol–water partition coefficient (Wildman–Crippen LogP) is 4.81. The van der Waals surface area contributed by atoms with E-state index in [0.29, 0.717) is 33.7 Å². The standard InChI is InChI=1S/C20H18F2N2O3/c1-11-10-17(13(3)26-11)19(25)24-23-12(2)15-9-8-14-6-4-5-7-16(14)18(15)27-20(21)22/h4-10,20H,1-3H3,(H,24,25). The van der Waals surface area contributed by atoms with Gasteiger partial charge < -0.3 is 9.15 Å². The number of halogens is 2. The zero-order chi connectivity index (χ0) is 19.6. The highest BCUT2D eigenvalue weighted by Crippen LogP contribution is 2.31. The van der Waals surface area contributed by atoms with Crippen molar-refractivity contribution in [3.63, 3.8) is 0 Å². The van der Waals surface area contributed by atoms with E-state index in [9.17, 15) is 13.6 Å². The number of aryl methyl sites for hydroxylation is 2. The molecule has 0 aliphatic carbocycles. The first-order chi connectivity index (χ1) is 12.9. The SMILES string of the molecule is CC(=NNC(=O)c1cc(C)oc1C)c1ccc2ccccc2c1OC(F)F. The van der Waals surface area contributed by atoms with Crippen LogP contribution < -0.4 is 10.2 Å². The molecule has 1 heterocycles. The number of furan rings is 1. The van der Waals surface area contributed by atoms with Gasteiger partial charge in [-0.1, -0.05) is 30.3 Å². The van der Waals surface area contributed by atoms with E-state index < -0.39 is 12.5 Å². The molecule has 1 aromatic heterocycles. The number of carbonyl (C=O) groups excluding carboxylic acids is 1. The number of hydrogen-bond donors (Lipinski definition) is 1. The Kier molecular flexibility index (Phi) is 5.21. The van der Waals surface area contributed by atoms with Crippen LogP contribution in [0.5, 0.6) is 5.75 Å². The van der Waals surface area contributed by atoms with Crippen molar-refractivity contribution >= 4 is 22.4 Å². The number of nitrogens with one attached hydrogen (secondary N) is 1. The minimum Gasteiger partial charge on any atom is -0.466 e. The summed E-state index contributed by atoms with van der Waals surface area (Å²) in [7, 11) is 0. The molecular weight excluding hydrogens is 354 g/mol. The average molecular weight is 372 g/mol. The van der Waals surface area contributed by atoms with Crippen LogP contribution in [0.15, 0.2) is 52.0 Å². The quantitative estimate of drug-likeness (QED) is 0.517. The number of carbonyl (C=O) groups is 1. The summed E-state index contributed by atoms with van der Waals surface area (Å²) in [6, 6.07) is 12.1. The van der Waals surface area contributed by atoms with Crippen LogP contribution in [0.25, 0.3) is 10.8 Å². The number of nitrogens with zero attached hydrogens (tertiary/aromatic N) is 1. The van der Waals surface area contributed by atoms with Gasteiger partial charge in [0.05, 0.1) is 11.3 Å². The molecule has 5 nitrogen and oxygen atoms in total. The Morgan fingerprint density at radius 3 is 2.56 bits per heavy atom. The zero-order valence-corrected chi connectivity index (χ0v) is 15.0. The Morgan fingerprint density at radius 2 is 1.89 bits per heavy atom. The first-order valence-corrected chi connectivity index (χ1v) is 8.25. The summed E-state index contributed by atoms with van der Waals surface area (Å²) in [6.07, 6.45) is 0. The van der Waals surface area contributed by atoms with E-state index in [0.717, 1.165) is 5.39 Å². The van der Waals surface area contributed by atoms with Crippen molar-refractivity contribution in [3.05, 3.63) is 65.1 Å². The molecule has 27 heavy (non-hydrogen) atoms. The number of hydrogen-bond acceptors (Lipinski definition) is 4. The molecule has 0 atom stereocenters. The van der Waals surface area contributed by atoms with E-state index in [1.54, 1.807) is 57.2 Å². The molecule has 0 radical (unpaired) electrons. The molecule has 3 aromatic rings. The van der Waals surface area contributed by atoms with Gasteiger partial charge in [0.15, 0.2) is 0 Å². The average Bonchev–Trinajstić information content (AvgIpc) is 2.97. The predicted molar refractivity (Wildman–Crippen MR) is 98.4 cm³/mol. The fraction of sp³-hybridized carbons (Fsp3) is 0.200. The third-order valence-corrected chi connectivity index (χ3v) is 4.09. The van der Waals surface area contributed by atoms with Gasteiger partial charge in [0.2, 0.25) is 0 Å².